The average Bonchev–Trinajstić information content (AvgIpc) is 2.94. The molecule has 0 radical (unpaired) electrons. The molecule has 1 atom stereocenters. The normalized spacial score (nSPS) is 12.4. The third-order valence-corrected chi connectivity index (χ3v) is 7.35. The lowest BCUT2D eigenvalue weighted by Crippen LogP contribution is -2.30. The number of thiophene rings is 1. The van der Waals surface area contributed by atoms with Gasteiger partial charge in [-0.15, -0.1) is 11.3 Å². The summed E-state index contributed by atoms with van der Waals surface area (Å²) >= 11 is 1.25. The quantitative estimate of drug-likeness (QED) is 0.604. The van der Waals surface area contributed by atoms with E-state index in [1.165, 1.54) is 63.5 Å². The molecule has 1 aromatic heterocycles. The van der Waals surface area contributed by atoms with Crippen molar-refractivity contribution in [2.45, 2.75) is 38.7 Å². The van der Waals surface area contributed by atoms with E-state index in [9.17, 15) is 22.8 Å². The van der Waals surface area contributed by atoms with Crippen LogP contribution in [0.2, 0.25) is 0 Å². The van der Waals surface area contributed by atoms with Crippen LogP contribution in [0.4, 0.5) is 10.7 Å². The maximum Gasteiger partial charge on any atom is 0.342 e. The second-order valence-electron chi connectivity index (χ2n) is 7.02. The summed E-state index contributed by atoms with van der Waals surface area (Å²) in [7, 11) is -0.848. The number of sulfonamides is 1. The van der Waals surface area contributed by atoms with Crippen LogP contribution in [-0.2, 0) is 24.3 Å². The molecule has 0 fully saturated rings. The standard InChI is InChI=1S/C20H25N3O6S2/c1-11-13(3)30-19(21-14(4)24)17(11)20(26)29-12(2)18(25)22-15-8-7-9-16(10-15)31(27,28)23(5)6/h7-10,12H,1-6H3,(H,21,24)(H,22,25)/t12-/m1/s1. The monoisotopic (exact) mass is 467 g/mol. The SMILES string of the molecule is CC(=O)Nc1sc(C)c(C)c1C(=O)O[C@H](C)C(=O)Nc1cccc(S(=O)(=O)N(C)C)c1. The minimum absolute atomic E-state index is 0.0178. The second kappa shape index (κ2) is 9.58. The van der Waals surface area contributed by atoms with Crippen LogP contribution in [0.1, 0.15) is 34.6 Å². The topological polar surface area (TPSA) is 122 Å². The second-order valence-corrected chi connectivity index (χ2v) is 10.4. The van der Waals surface area contributed by atoms with Gasteiger partial charge in [0.15, 0.2) is 6.10 Å². The molecular weight excluding hydrogens is 442 g/mol. The van der Waals surface area contributed by atoms with Gasteiger partial charge in [-0.3, -0.25) is 9.59 Å². The molecule has 0 aliphatic carbocycles. The number of nitrogens with zero attached hydrogens (tertiary/aromatic N) is 1. The van der Waals surface area contributed by atoms with Crippen molar-refractivity contribution < 1.29 is 27.5 Å². The summed E-state index contributed by atoms with van der Waals surface area (Å²) in [6, 6.07) is 5.77. The predicted octanol–water partition coefficient (Wildman–Crippen LogP) is 2.76. The molecule has 9 nitrogen and oxygen atoms in total. The first-order valence-corrected chi connectivity index (χ1v) is 11.5. The molecule has 0 aliphatic rings. The van der Waals surface area contributed by atoms with Crippen molar-refractivity contribution >= 4 is 49.8 Å². The van der Waals surface area contributed by atoms with Gasteiger partial charge in [0.25, 0.3) is 5.91 Å². The van der Waals surface area contributed by atoms with E-state index in [-0.39, 0.29) is 22.1 Å². The van der Waals surface area contributed by atoms with Crippen molar-refractivity contribution in [3.8, 4) is 0 Å². The fourth-order valence-electron chi connectivity index (χ4n) is 2.58. The van der Waals surface area contributed by atoms with Crippen LogP contribution in [-0.4, -0.2) is 50.7 Å². The molecule has 0 saturated carbocycles. The van der Waals surface area contributed by atoms with Crippen LogP contribution in [0.5, 0.6) is 0 Å². The molecule has 11 heteroatoms. The minimum atomic E-state index is -3.66. The fourth-order valence-corrected chi connectivity index (χ4v) is 4.63. The van der Waals surface area contributed by atoms with E-state index >= 15 is 0 Å². The molecular formula is C20H25N3O6S2. The molecule has 2 rings (SSSR count). The Balaban J connectivity index is 2.16. The van der Waals surface area contributed by atoms with Crippen LogP contribution >= 0.6 is 11.3 Å². The highest BCUT2D eigenvalue weighted by atomic mass is 32.2. The van der Waals surface area contributed by atoms with Crippen molar-refractivity contribution in [3.05, 3.63) is 40.3 Å². The van der Waals surface area contributed by atoms with Gasteiger partial charge in [-0.2, -0.15) is 0 Å². The van der Waals surface area contributed by atoms with Crippen molar-refractivity contribution in [2.24, 2.45) is 0 Å². The molecule has 168 valence electrons. The molecule has 1 aromatic carbocycles. The van der Waals surface area contributed by atoms with E-state index < -0.39 is 28.0 Å². The van der Waals surface area contributed by atoms with Gasteiger partial charge < -0.3 is 15.4 Å². The Bertz CT molecular complexity index is 1120. The van der Waals surface area contributed by atoms with Crippen LogP contribution in [0.3, 0.4) is 0 Å². The van der Waals surface area contributed by atoms with Crippen LogP contribution in [0.25, 0.3) is 0 Å². The van der Waals surface area contributed by atoms with Gasteiger partial charge in [0, 0.05) is 31.6 Å². The molecule has 0 saturated heterocycles. The highest BCUT2D eigenvalue weighted by Gasteiger charge is 2.26. The third kappa shape index (κ3) is 5.69. The summed E-state index contributed by atoms with van der Waals surface area (Å²) in [6.45, 7) is 6.28. The van der Waals surface area contributed by atoms with Gasteiger partial charge in [-0.1, -0.05) is 6.07 Å². The first-order valence-electron chi connectivity index (χ1n) is 9.26. The smallest absolute Gasteiger partial charge is 0.342 e. The highest BCUT2D eigenvalue weighted by molar-refractivity contribution is 7.89. The number of amides is 2. The fraction of sp³-hybridized carbons (Fsp3) is 0.350. The van der Waals surface area contributed by atoms with E-state index in [2.05, 4.69) is 10.6 Å². The first kappa shape index (κ1) is 24.5. The Morgan fingerprint density at radius 1 is 1.13 bits per heavy atom. The van der Waals surface area contributed by atoms with Gasteiger partial charge in [0.2, 0.25) is 15.9 Å². The lowest BCUT2D eigenvalue weighted by molar-refractivity contribution is -0.123. The number of hydrogen-bond acceptors (Lipinski definition) is 7. The van der Waals surface area contributed by atoms with E-state index in [4.69, 9.17) is 4.74 Å². The summed E-state index contributed by atoms with van der Waals surface area (Å²) in [5, 5.41) is 5.52. The van der Waals surface area contributed by atoms with Gasteiger partial charge in [-0.05, 0) is 44.5 Å². The maximum absolute atomic E-state index is 12.7. The Labute approximate surface area is 185 Å². The summed E-state index contributed by atoms with van der Waals surface area (Å²) in [5.41, 5.74) is 1.11. The lowest BCUT2D eigenvalue weighted by Gasteiger charge is -2.16. The number of carbonyl (C=O) groups is 3. The van der Waals surface area contributed by atoms with Crippen molar-refractivity contribution in [1.29, 1.82) is 0 Å². The number of anilines is 2. The maximum atomic E-state index is 12.7. The van der Waals surface area contributed by atoms with Gasteiger partial charge >= 0.3 is 5.97 Å². The predicted molar refractivity (Wildman–Crippen MR) is 119 cm³/mol. The average molecular weight is 468 g/mol. The first-order chi connectivity index (χ1) is 14.3. The van der Waals surface area contributed by atoms with Crippen molar-refractivity contribution in [3.63, 3.8) is 0 Å². The summed E-state index contributed by atoms with van der Waals surface area (Å²) in [4.78, 5) is 37.5. The molecule has 0 bridgehead atoms. The number of nitrogens with one attached hydrogen (secondary N) is 2. The molecule has 2 aromatic rings. The summed E-state index contributed by atoms with van der Waals surface area (Å²) < 4.78 is 30.9. The minimum Gasteiger partial charge on any atom is -0.449 e. The van der Waals surface area contributed by atoms with Crippen LogP contribution < -0.4 is 10.6 Å². The molecule has 1 heterocycles. The zero-order chi connectivity index (χ0) is 23.5. The van der Waals surface area contributed by atoms with Crippen LogP contribution in [0, 0.1) is 13.8 Å². The number of carbonyl (C=O) groups excluding carboxylic acids is 3. The molecule has 31 heavy (non-hydrogen) atoms. The van der Waals surface area contributed by atoms with Gasteiger partial charge in [0.1, 0.15) is 5.00 Å². The molecule has 2 N–H and O–H groups in total. The van der Waals surface area contributed by atoms with Gasteiger partial charge in [0.05, 0.1) is 10.5 Å². The zero-order valence-electron chi connectivity index (χ0n) is 18.1. The highest BCUT2D eigenvalue weighted by Crippen LogP contribution is 2.33. The molecule has 0 unspecified atom stereocenters. The Kier molecular flexibility index (Phi) is 7.58. The zero-order valence-corrected chi connectivity index (χ0v) is 19.7. The summed E-state index contributed by atoms with van der Waals surface area (Å²) in [6.07, 6.45) is -1.16. The Morgan fingerprint density at radius 2 is 1.77 bits per heavy atom. The third-order valence-electron chi connectivity index (χ3n) is 4.41. The Morgan fingerprint density at radius 3 is 2.35 bits per heavy atom. The number of rotatable bonds is 7. The number of hydrogen-bond donors (Lipinski definition) is 2. The molecule has 0 aliphatic heterocycles. The van der Waals surface area contributed by atoms with E-state index in [0.29, 0.717) is 10.6 Å². The number of aryl methyl sites for hydroxylation is 1. The number of benzene rings is 1. The van der Waals surface area contributed by atoms with Gasteiger partial charge in [-0.25, -0.2) is 17.5 Å². The molecule has 2 amide bonds. The summed E-state index contributed by atoms with van der Waals surface area (Å²) in [5.74, 6) is -1.69. The van der Waals surface area contributed by atoms with Crippen LogP contribution in [0.15, 0.2) is 29.2 Å². The lowest BCUT2D eigenvalue weighted by atomic mass is 10.1. The van der Waals surface area contributed by atoms with E-state index in [0.717, 1.165) is 9.18 Å². The van der Waals surface area contributed by atoms with Crippen molar-refractivity contribution in [2.75, 3.05) is 24.7 Å². The number of esters is 1. The van der Waals surface area contributed by atoms with Crippen molar-refractivity contribution in [1.82, 2.24) is 4.31 Å². The largest absolute Gasteiger partial charge is 0.449 e. The van der Waals surface area contributed by atoms with E-state index in [1.54, 1.807) is 6.92 Å². The number of ether oxygens (including phenoxy) is 1. The Hall–Kier alpha value is -2.76. The van der Waals surface area contributed by atoms with E-state index in [1.807, 2.05) is 6.92 Å². The molecule has 0 spiro atoms.